The molecule has 3 rings (SSSR count). The molecular weight excluding hydrogens is 308 g/mol. The van der Waals surface area contributed by atoms with E-state index >= 15 is 0 Å². The van der Waals surface area contributed by atoms with E-state index in [1.807, 2.05) is 31.2 Å². The highest BCUT2D eigenvalue weighted by Gasteiger charge is 2.35. The molecule has 1 aromatic heterocycles. The van der Waals surface area contributed by atoms with Crippen LogP contribution in [0, 0.1) is 0 Å². The summed E-state index contributed by atoms with van der Waals surface area (Å²) < 4.78 is 12.4. The van der Waals surface area contributed by atoms with Gasteiger partial charge < -0.3 is 14.8 Å². The molecule has 0 fully saturated rings. The van der Waals surface area contributed by atoms with E-state index in [9.17, 15) is 4.79 Å². The lowest BCUT2D eigenvalue weighted by Crippen LogP contribution is -2.30. The maximum atomic E-state index is 12.6. The third kappa shape index (κ3) is 2.64. The van der Waals surface area contributed by atoms with E-state index < -0.39 is 12.0 Å². The van der Waals surface area contributed by atoms with Crippen LogP contribution >= 0.6 is 0 Å². The number of nitrogens with zero attached hydrogens (tertiary/aromatic N) is 3. The lowest BCUT2D eigenvalue weighted by Gasteiger charge is -2.28. The summed E-state index contributed by atoms with van der Waals surface area (Å²) in [4.78, 5) is 16.8. The van der Waals surface area contributed by atoms with E-state index in [0.717, 1.165) is 5.56 Å². The Morgan fingerprint density at radius 1 is 1.46 bits per heavy atom. The van der Waals surface area contributed by atoms with Crippen molar-refractivity contribution in [3.8, 4) is 5.75 Å². The number of hydrogen-bond acceptors (Lipinski definition) is 6. The van der Waals surface area contributed by atoms with E-state index in [4.69, 9.17) is 9.47 Å². The predicted octanol–water partition coefficient (Wildman–Crippen LogP) is 2.30. The number of anilines is 1. The summed E-state index contributed by atoms with van der Waals surface area (Å²) in [5.74, 6) is 0.785. The number of ether oxygens (including phenoxy) is 2. The zero-order valence-electron chi connectivity index (χ0n) is 13.5. The first-order valence-electron chi connectivity index (χ1n) is 7.45. The molecule has 0 saturated heterocycles. The van der Waals surface area contributed by atoms with Gasteiger partial charge in [-0.25, -0.2) is 9.48 Å². The fourth-order valence-corrected chi connectivity index (χ4v) is 2.75. The summed E-state index contributed by atoms with van der Waals surface area (Å²) in [5.41, 5.74) is 1.93. The highest BCUT2D eigenvalue weighted by atomic mass is 16.5. The Morgan fingerprint density at radius 3 is 3.00 bits per heavy atom. The molecule has 1 N–H and O–H groups in total. The largest absolute Gasteiger partial charge is 0.496 e. The Labute approximate surface area is 139 Å². The molecule has 24 heavy (non-hydrogen) atoms. The van der Waals surface area contributed by atoms with Crippen LogP contribution in [0.2, 0.25) is 0 Å². The number of nitrogens with one attached hydrogen (secondary N) is 1. The molecule has 1 aromatic carbocycles. The van der Waals surface area contributed by atoms with Gasteiger partial charge in [-0.1, -0.05) is 30.9 Å². The van der Waals surface area contributed by atoms with Crippen molar-refractivity contribution in [1.82, 2.24) is 14.8 Å². The molecule has 0 saturated carbocycles. The van der Waals surface area contributed by atoms with E-state index in [0.29, 0.717) is 23.0 Å². The summed E-state index contributed by atoms with van der Waals surface area (Å²) >= 11 is 0. The SMILES string of the molecule is C=CCOC(=O)C1=C(C)Nc2ncnn2[C@@H]1c1ccccc1OC. The zero-order valence-corrected chi connectivity index (χ0v) is 13.5. The van der Waals surface area contributed by atoms with Crippen LogP contribution in [-0.2, 0) is 9.53 Å². The van der Waals surface area contributed by atoms with Gasteiger partial charge in [0.05, 0.1) is 12.7 Å². The highest BCUT2D eigenvalue weighted by molar-refractivity contribution is 5.92. The summed E-state index contributed by atoms with van der Waals surface area (Å²) in [7, 11) is 1.59. The fourth-order valence-electron chi connectivity index (χ4n) is 2.75. The number of allylic oxidation sites excluding steroid dienone is 1. The first-order chi connectivity index (χ1) is 11.7. The summed E-state index contributed by atoms with van der Waals surface area (Å²) in [5, 5.41) is 7.35. The van der Waals surface area contributed by atoms with Gasteiger partial charge in [-0.2, -0.15) is 10.1 Å². The number of aromatic nitrogens is 3. The second-order valence-electron chi connectivity index (χ2n) is 5.22. The highest BCUT2D eigenvalue weighted by Crippen LogP contribution is 2.38. The molecule has 1 aliphatic heterocycles. The van der Waals surface area contributed by atoms with Crippen LogP contribution in [0.3, 0.4) is 0 Å². The average Bonchev–Trinajstić information content (AvgIpc) is 3.06. The molecular formula is C17H18N4O3. The van der Waals surface area contributed by atoms with Crippen molar-refractivity contribution in [2.75, 3.05) is 19.0 Å². The molecule has 2 aromatic rings. The summed E-state index contributed by atoms with van der Waals surface area (Å²) in [6.07, 6.45) is 2.97. The molecule has 0 radical (unpaired) electrons. The number of carbonyl (C=O) groups excluding carboxylic acids is 1. The quantitative estimate of drug-likeness (QED) is 0.671. The first kappa shape index (κ1) is 15.8. The number of methoxy groups -OCH3 is 1. The van der Waals surface area contributed by atoms with Crippen LogP contribution in [0.4, 0.5) is 5.95 Å². The topological polar surface area (TPSA) is 78.3 Å². The fraction of sp³-hybridized carbons (Fsp3) is 0.235. The van der Waals surface area contributed by atoms with Gasteiger partial charge in [0.25, 0.3) is 0 Å². The van der Waals surface area contributed by atoms with Crippen molar-refractivity contribution >= 4 is 11.9 Å². The Balaban J connectivity index is 2.14. The maximum Gasteiger partial charge on any atom is 0.338 e. The van der Waals surface area contributed by atoms with Gasteiger partial charge in [-0.05, 0) is 13.0 Å². The van der Waals surface area contributed by atoms with Gasteiger partial charge in [0.1, 0.15) is 24.7 Å². The van der Waals surface area contributed by atoms with Crippen LogP contribution in [-0.4, -0.2) is 34.5 Å². The molecule has 7 nitrogen and oxygen atoms in total. The molecule has 1 atom stereocenters. The number of rotatable bonds is 5. The molecule has 0 amide bonds. The van der Waals surface area contributed by atoms with E-state index in [2.05, 4.69) is 22.0 Å². The number of fused-ring (bicyclic) bond motifs is 1. The van der Waals surface area contributed by atoms with Crippen molar-refractivity contribution < 1.29 is 14.3 Å². The minimum absolute atomic E-state index is 0.137. The van der Waals surface area contributed by atoms with E-state index in [1.165, 1.54) is 12.4 Å². The van der Waals surface area contributed by atoms with E-state index in [1.54, 1.807) is 11.8 Å². The van der Waals surface area contributed by atoms with Crippen LogP contribution in [0.25, 0.3) is 0 Å². The average molecular weight is 326 g/mol. The van der Waals surface area contributed by atoms with Crippen molar-refractivity contribution in [2.24, 2.45) is 0 Å². The lowest BCUT2D eigenvalue weighted by atomic mass is 9.95. The molecule has 0 aliphatic carbocycles. The number of esters is 1. The number of para-hydroxylation sites is 1. The standard InChI is InChI=1S/C17H18N4O3/c1-4-9-24-16(22)14-11(2)20-17-18-10-19-21(17)15(14)12-7-5-6-8-13(12)23-3/h4-8,10,15H,1,9H2,2-3H3,(H,18,19,20)/t15-/m1/s1. The van der Waals surface area contributed by atoms with Crippen LogP contribution in [0.5, 0.6) is 5.75 Å². The van der Waals surface area contributed by atoms with Crippen LogP contribution in [0.1, 0.15) is 18.5 Å². The van der Waals surface area contributed by atoms with Gasteiger partial charge in [0.15, 0.2) is 0 Å². The molecule has 0 bridgehead atoms. The molecule has 124 valence electrons. The Hall–Kier alpha value is -3.09. The first-order valence-corrected chi connectivity index (χ1v) is 7.45. The normalized spacial score (nSPS) is 16.2. The molecule has 2 heterocycles. The Kier molecular flexibility index (Phi) is 4.33. The van der Waals surface area contributed by atoms with Crippen molar-refractivity contribution in [2.45, 2.75) is 13.0 Å². The van der Waals surface area contributed by atoms with Gasteiger partial charge >= 0.3 is 5.97 Å². The van der Waals surface area contributed by atoms with Crippen molar-refractivity contribution in [3.05, 3.63) is 60.1 Å². The maximum absolute atomic E-state index is 12.6. The van der Waals surface area contributed by atoms with Crippen LogP contribution < -0.4 is 10.1 Å². The minimum Gasteiger partial charge on any atom is -0.496 e. The summed E-state index contributed by atoms with van der Waals surface area (Å²) in [6.45, 7) is 5.52. The van der Waals surface area contributed by atoms with Gasteiger partial charge in [0.2, 0.25) is 5.95 Å². The Bertz CT molecular complexity index is 810. The minimum atomic E-state index is -0.489. The second kappa shape index (κ2) is 6.57. The van der Waals surface area contributed by atoms with E-state index in [-0.39, 0.29) is 6.61 Å². The lowest BCUT2D eigenvalue weighted by molar-refractivity contribution is -0.138. The monoisotopic (exact) mass is 326 g/mol. The van der Waals surface area contributed by atoms with Gasteiger partial charge in [0, 0.05) is 11.3 Å². The predicted molar refractivity (Wildman–Crippen MR) is 88.6 cm³/mol. The van der Waals surface area contributed by atoms with Gasteiger partial charge in [-0.3, -0.25) is 0 Å². The number of benzene rings is 1. The zero-order chi connectivity index (χ0) is 17.1. The molecule has 0 spiro atoms. The smallest absolute Gasteiger partial charge is 0.338 e. The van der Waals surface area contributed by atoms with Crippen molar-refractivity contribution in [3.63, 3.8) is 0 Å². The third-order valence-electron chi connectivity index (χ3n) is 3.78. The van der Waals surface area contributed by atoms with Crippen LogP contribution in [0.15, 0.2) is 54.5 Å². The molecule has 1 aliphatic rings. The molecule has 0 unspecified atom stereocenters. The molecule has 7 heteroatoms. The third-order valence-corrected chi connectivity index (χ3v) is 3.78. The second-order valence-corrected chi connectivity index (χ2v) is 5.22. The number of carbonyl (C=O) groups is 1. The summed E-state index contributed by atoms with van der Waals surface area (Å²) in [6, 6.07) is 7.01. The Morgan fingerprint density at radius 2 is 2.25 bits per heavy atom. The van der Waals surface area contributed by atoms with Crippen molar-refractivity contribution in [1.29, 1.82) is 0 Å². The van der Waals surface area contributed by atoms with Gasteiger partial charge in [-0.15, -0.1) is 0 Å². The number of hydrogen-bond donors (Lipinski definition) is 1.